The van der Waals surface area contributed by atoms with Gasteiger partial charge < -0.3 is 15.5 Å². The smallest absolute Gasteiger partial charge is 0.170 e. The summed E-state index contributed by atoms with van der Waals surface area (Å²) in [4.78, 5) is 2.46. The molecule has 1 fully saturated rings. The van der Waals surface area contributed by atoms with E-state index in [1.807, 2.05) is 6.07 Å². The topological polar surface area (TPSA) is 27.3 Å². The monoisotopic (exact) mass is 339 g/mol. The molecule has 1 saturated heterocycles. The minimum atomic E-state index is 0.690. The molecule has 0 radical (unpaired) electrons. The maximum Gasteiger partial charge on any atom is 0.170 e. The number of anilines is 2. The number of piperidine rings is 1. The van der Waals surface area contributed by atoms with Gasteiger partial charge in [0.2, 0.25) is 0 Å². The van der Waals surface area contributed by atoms with Crippen molar-refractivity contribution in [3.05, 3.63) is 60.2 Å². The molecule has 1 aliphatic rings. The lowest BCUT2D eigenvalue weighted by Crippen LogP contribution is -2.33. The fourth-order valence-corrected chi connectivity index (χ4v) is 3.33. The van der Waals surface area contributed by atoms with Gasteiger partial charge in [0.05, 0.1) is 11.4 Å². The molecule has 0 spiro atoms. The van der Waals surface area contributed by atoms with Crippen LogP contribution < -0.4 is 15.5 Å². The number of nitrogens with zero attached hydrogens (tertiary/aromatic N) is 1. The molecule has 2 N–H and O–H groups in total. The highest BCUT2D eigenvalue weighted by atomic mass is 32.1. The predicted octanol–water partition coefficient (Wildman–Crippen LogP) is 4.21. The van der Waals surface area contributed by atoms with Crippen LogP contribution in [0.3, 0.4) is 0 Å². The van der Waals surface area contributed by atoms with Crippen LogP contribution in [0.25, 0.3) is 0 Å². The normalized spacial score (nSPS) is 14.2. The lowest BCUT2D eigenvalue weighted by Gasteiger charge is -2.30. The van der Waals surface area contributed by atoms with Crippen LogP contribution in [0, 0.1) is 0 Å². The number of para-hydroxylation sites is 2. The molecule has 0 atom stereocenters. The van der Waals surface area contributed by atoms with E-state index in [2.05, 4.69) is 64.1 Å². The summed E-state index contributed by atoms with van der Waals surface area (Å²) in [5.74, 6) is 0. The lowest BCUT2D eigenvalue weighted by atomic mass is 10.1. The third kappa shape index (κ3) is 4.71. The molecule has 0 aliphatic carbocycles. The fraction of sp³-hybridized carbons (Fsp3) is 0.350. The van der Waals surface area contributed by atoms with Gasteiger partial charge in [0, 0.05) is 19.6 Å². The zero-order chi connectivity index (χ0) is 16.6. The van der Waals surface area contributed by atoms with Crippen LogP contribution in [0.1, 0.15) is 24.8 Å². The molecule has 4 heteroatoms. The average molecular weight is 340 g/mol. The predicted molar refractivity (Wildman–Crippen MR) is 107 cm³/mol. The summed E-state index contributed by atoms with van der Waals surface area (Å²) in [7, 11) is 0. The van der Waals surface area contributed by atoms with E-state index in [-0.39, 0.29) is 0 Å². The first-order valence-electron chi connectivity index (χ1n) is 8.76. The number of thiocarbonyl (C=S) groups is 1. The van der Waals surface area contributed by atoms with Crippen molar-refractivity contribution >= 4 is 28.7 Å². The Labute approximate surface area is 150 Å². The third-order valence-corrected chi connectivity index (χ3v) is 4.64. The molecule has 2 aromatic carbocycles. The van der Waals surface area contributed by atoms with Gasteiger partial charge in [-0.1, -0.05) is 42.5 Å². The molecule has 0 saturated carbocycles. The number of rotatable bonds is 5. The van der Waals surface area contributed by atoms with Crippen LogP contribution in [0.15, 0.2) is 54.6 Å². The SMILES string of the molecule is S=C(NCCc1ccccc1)Nc1ccccc1N1CCCCC1. The number of benzene rings is 2. The molecule has 24 heavy (non-hydrogen) atoms. The Kier molecular flexibility index (Phi) is 6.07. The first-order valence-corrected chi connectivity index (χ1v) is 9.16. The van der Waals surface area contributed by atoms with E-state index in [1.165, 1.54) is 30.5 Å². The second-order valence-electron chi connectivity index (χ2n) is 6.18. The Bertz CT molecular complexity index is 651. The zero-order valence-electron chi connectivity index (χ0n) is 14.0. The summed E-state index contributed by atoms with van der Waals surface area (Å²) in [6.45, 7) is 3.10. The Hall–Kier alpha value is -2.07. The van der Waals surface area contributed by atoms with Crippen LogP contribution in [0.4, 0.5) is 11.4 Å². The Morgan fingerprint density at radius 3 is 2.42 bits per heavy atom. The van der Waals surface area contributed by atoms with E-state index < -0.39 is 0 Å². The van der Waals surface area contributed by atoms with Gasteiger partial charge in [0.15, 0.2) is 5.11 Å². The summed E-state index contributed by atoms with van der Waals surface area (Å²) < 4.78 is 0. The summed E-state index contributed by atoms with van der Waals surface area (Å²) in [5, 5.41) is 7.37. The van der Waals surface area contributed by atoms with Crippen LogP contribution in [0.5, 0.6) is 0 Å². The molecule has 0 aromatic heterocycles. The van der Waals surface area contributed by atoms with Crippen molar-refractivity contribution in [1.29, 1.82) is 0 Å². The molecule has 126 valence electrons. The van der Waals surface area contributed by atoms with Gasteiger partial charge in [-0.25, -0.2) is 0 Å². The summed E-state index contributed by atoms with van der Waals surface area (Å²) in [5.41, 5.74) is 3.67. The van der Waals surface area contributed by atoms with E-state index in [0.717, 1.165) is 31.7 Å². The molecule has 2 aromatic rings. The maximum atomic E-state index is 5.47. The molecule has 0 unspecified atom stereocenters. The minimum Gasteiger partial charge on any atom is -0.370 e. The average Bonchev–Trinajstić information content (AvgIpc) is 2.64. The first-order chi connectivity index (χ1) is 11.8. The van der Waals surface area contributed by atoms with Gasteiger partial charge in [0.1, 0.15) is 0 Å². The molecule has 1 heterocycles. The van der Waals surface area contributed by atoms with Gasteiger partial charge in [0.25, 0.3) is 0 Å². The fourth-order valence-electron chi connectivity index (χ4n) is 3.12. The van der Waals surface area contributed by atoms with Gasteiger partial charge >= 0.3 is 0 Å². The highest BCUT2D eigenvalue weighted by Crippen LogP contribution is 2.28. The molecule has 0 bridgehead atoms. The minimum absolute atomic E-state index is 0.690. The number of nitrogens with one attached hydrogen (secondary N) is 2. The summed E-state index contributed by atoms with van der Waals surface area (Å²) in [6.07, 6.45) is 4.85. The quantitative estimate of drug-likeness (QED) is 0.798. The van der Waals surface area contributed by atoms with E-state index >= 15 is 0 Å². The standard InChI is InChI=1S/C20H25N3S/c24-20(21-14-13-17-9-3-1-4-10-17)22-18-11-5-6-12-19(18)23-15-7-2-8-16-23/h1,3-6,9-12H,2,7-8,13-16H2,(H2,21,22,24). The van der Waals surface area contributed by atoms with Crippen LogP contribution in [0.2, 0.25) is 0 Å². The van der Waals surface area contributed by atoms with E-state index in [9.17, 15) is 0 Å². The molecular formula is C20H25N3S. The molecule has 3 rings (SSSR count). The largest absolute Gasteiger partial charge is 0.370 e. The van der Waals surface area contributed by atoms with Gasteiger partial charge in [-0.3, -0.25) is 0 Å². The van der Waals surface area contributed by atoms with Gasteiger partial charge in [-0.05, 0) is 55.6 Å². The van der Waals surface area contributed by atoms with Crippen molar-refractivity contribution in [1.82, 2.24) is 5.32 Å². The van der Waals surface area contributed by atoms with Gasteiger partial charge in [-0.2, -0.15) is 0 Å². The highest BCUT2D eigenvalue weighted by molar-refractivity contribution is 7.80. The molecular weight excluding hydrogens is 314 g/mol. The third-order valence-electron chi connectivity index (χ3n) is 4.39. The maximum absolute atomic E-state index is 5.47. The summed E-state index contributed by atoms with van der Waals surface area (Å²) in [6, 6.07) is 18.9. The van der Waals surface area contributed by atoms with Crippen LogP contribution >= 0.6 is 12.2 Å². The molecule has 3 nitrogen and oxygen atoms in total. The van der Waals surface area contributed by atoms with Crippen molar-refractivity contribution in [3.63, 3.8) is 0 Å². The first kappa shape index (κ1) is 16.8. The van der Waals surface area contributed by atoms with Crippen molar-refractivity contribution in [2.75, 3.05) is 29.9 Å². The second-order valence-corrected chi connectivity index (χ2v) is 6.59. The van der Waals surface area contributed by atoms with Crippen LogP contribution in [-0.2, 0) is 6.42 Å². The molecule has 1 aliphatic heterocycles. The Balaban J connectivity index is 1.54. The number of hydrogen-bond acceptors (Lipinski definition) is 2. The van der Waals surface area contributed by atoms with E-state index in [0.29, 0.717) is 5.11 Å². The Morgan fingerprint density at radius 2 is 1.62 bits per heavy atom. The van der Waals surface area contributed by atoms with E-state index in [4.69, 9.17) is 12.2 Å². The highest BCUT2D eigenvalue weighted by Gasteiger charge is 2.14. The number of hydrogen-bond donors (Lipinski definition) is 2. The lowest BCUT2D eigenvalue weighted by molar-refractivity contribution is 0.578. The molecule has 0 amide bonds. The summed E-state index contributed by atoms with van der Waals surface area (Å²) >= 11 is 5.47. The van der Waals surface area contributed by atoms with Gasteiger partial charge in [-0.15, -0.1) is 0 Å². The van der Waals surface area contributed by atoms with Crippen molar-refractivity contribution < 1.29 is 0 Å². The Morgan fingerprint density at radius 1 is 0.917 bits per heavy atom. The van der Waals surface area contributed by atoms with E-state index in [1.54, 1.807) is 0 Å². The van der Waals surface area contributed by atoms with Crippen molar-refractivity contribution in [3.8, 4) is 0 Å². The second kappa shape index (κ2) is 8.69. The zero-order valence-corrected chi connectivity index (χ0v) is 14.8. The van der Waals surface area contributed by atoms with Crippen LogP contribution in [-0.4, -0.2) is 24.7 Å². The van der Waals surface area contributed by atoms with Crippen molar-refractivity contribution in [2.24, 2.45) is 0 Å². The van der Waals surface area contributed by atoms with Crippen molar-refractivity contribution in [2.45, 2.75) is 25.7 Å².